The Hall–Kier alpha value is -2.71. The van der Waals surface area contributed by atoms with Crippen LogP contribution >= 0.6 is 0 Å². The van der Waals surface area contributed by atoms with Gasteiger partial charge in [-0.1, -0.05) is 197 Å². The molecule has 0 aliphatic rings. The van der Waals surface area contributed by atoms with E-state index in [2.05, 4.69) is 62.5 Å². The summed E-state index contributed by atoms with van der Waals surface area (Å²) in [6.07, 6.45) is 58.7. The van der Waals surface area contributed by atoms with E-state index in [1.54, 1.807) is 0 Å². The molecule has 0 aliphatic heterocycles. The highest BCUT2D eigenvalue weighted by atomic mass is 16.6. The van der Waals surface area contributed by atoms with E-state index in [1.165, 1.54) is 154 Å². The third-order valence-corrected chi connectivity index (χ3v) is 12.2. The van der Waals surface area contributed by atoms with Crippen LogP contribution in [-0.4, -0.2) is 80.6 Å². The number of esters is 2. The third-order valence-electron chi connectivity index (χ3n) is 12.2. The summed E-state index contributed by atoms with van der Waals surface area (Å²) in [5.41, 5.74) is 0. The van der Waals surface area contributed by atoms with Crippen molar-refractivity contribution in [2.24, 2.45) is 0 Å². The Morgan fingerprint density at radius 3 is 1.20 bits per heavy atom. The highest BCUT2D eigenvalue weighted by Gasteiger charge is 2.31. The fourth-order valence-electron chi connectivity index (χ4n) is 7.98. The molecule has 2 atom stereocenters. The van der Waals surface area contributed by atoms with Gasteiger partial charge in [-0.2, -0.15) is 0 Å². The topological polar surface area (TPSA) is 99.1 Å². The van der Waals surface area contributed by atoms with Crippen LogP contribution in [0.15, 0.2) is 48.6 Å². The summed E-state index contributed by atoms with van der Waals surface area (Å²) in [5, 5.41) is 9.66. The van der Waals surface area contributed by atoms with Crippen molar-refractivity contribution in [3.8, 4) is 0 Å². The number of carbonyl (C=O) groups excluding carboxylic acids is 2. The van der Waals surface area contributed by atoms with Gasteiger partial charge in [0.1, 0.15) is 6.61 Å². The number of carboxylic acids is 1. The Morgan fingerprint density at radius 2 is 0.815 bits per heavy atom. The summed E-state index contributed by atoms with van der Waals surface area (Å²) < 4.78 is 17.4. The molecule has 378 valence electrons. The minimum absolute atomic E-state index is 0.0552. The van der Waals surface area contributed by atoms with E-state index in [4.69, 9.17) is 14.2 Å². The molecule has 0 saturated carbocycles. The molecule has 1 N–H and O–H groups in total. The van der Waals surface area contributed by atoms with Crippen LogP contribution in [0.4, 0.5) is 0 Å². The van der Waals surface area contributed by atoms with Gasteiger partial charge in [-0.3, -0.25) is 9.59 Å². The molecule has 8 heteroatoms. The largest absolute Gasteiger partial charge is 0.477 e. The van der Waals surface area contributed by atoms with Gasteiger partial charge in [0.05, 0.1) is 34.4 Å². The lowest BCUT2D eigenvalue weighted by Gasteiger charge is -2.31. The predicted octanol–water partition coefficient (Wildman–Crippen LogP) is 15.9. The summed E-state index contributed by atoms with van der Waals surface area (Å²) in [6.45, 7) is 4.73. The minimum Gasteiger partial charge on any atom is -0.477 e. The van der Waals surface area contributed by atoms with Gasteiger partial charge in [0.25, 0.3) is 0 Å². The van der Waals surface area contributed by atoms with Gasteiger partial charge in [0.15, 0.2) is 12.1 Å². The van der Waals surface area contributed by atoms with Crippen molar-refractivity contribution < 1.29 is 38.2 Å². The molecule has 0 radical (unpaired) electrons. The van der Waals surface area contributed by atoms with E-state index in [0.717, 1.165) is 57.8 Å². The molecule has 8 nitrogen and oxygen atoms in total. The van der Waals surface area contributed by atoms with Gasteiger partial charge in [0.2, 0.25) is 0 Å². The Morgan fingerprint density at radius 1 is 0.462 bits per heavy atom. The van der Waals surface area contributed by atoms with E-state index in [1.807, 2.05) is 21.1 Å². The maximum atomic E-state index is 12.8. The lowest BCUT2D eigenvalue weighted by molar-refractivity contribution is -0.887. The van der Waals surface area contributed by atoms with Crippen molar-refractivity contribution in [2.75, 3.05) is 41.0 Å². The second kappa shape index (κ2) is 47.8. The van der Waals surface area contributed by atoms with Gasteiger partial charge in [0, 0.05) is 19.3 Å². The quantitative estimate of drug-likeness (QED) is 0.0281. The van der Waals surface area contributed by atoms with Crippen LogP contribution in [0.3, 0.4) is 0 Å². The molecule has 0 aromatic rings. The molecule has 0 fully saturated rings. The minimum atomic E-state index is -0.875. The Bertz CT molecular complexity index is 1200. The van der Waals surface area contributed by atoms with Crippen LogP contribution in [0.1, 0.15) is 245 Å². The molecule has 2 unspecified atom stereocenters. The van der Waals surface area contributed by atoms with Crippen LogP contribution in [0.5, 0.6) is 0 Å². The van der Waals surface area contributed by atoms with Gasteiger partial charge in [-0.05, 0) is 77.0 Å². The Labute approximate surface area is 401 Å². The van der Waals surface area contributed by atoms with Crippen molar-refractivity contribution in [1.82, 2.24) is 0 Å². The van der Waals surface area contributed by atoms with Crippen molar-refractivity contribution >= 4 is 17.9 Å². The van der Waals surface area contributed by atoms with Crippen molar-refractivity contribution in [3.63, 3.8) is 0 Å². The maximum Gasteiger partial charge on any atom is 0.362 e. The fourth-order valence-corrected chi connectivity index (χ4v) is 7.98. The average Bonchev–Trinajstić information content (AvgIpc) is 3.27. The monoisotopic (exact) mass is 915 g/mol. The number of aliphatic carboxylic acids is 1. The number of hydrogen-bond acceptors (Lipinski definition) is 6. The normalized spacial score (nSPS) is 13.2. The zero-order valence-corrected chi connectivity index (χ0v) is 43.2. The van der Waals surface area contributed by atoms with Crippen LogP contribution in [0.2, 0.25) is 0 Å². The van der Waals surface area contributed by atoms with E-state index < -0.39 is 18.1 Å². The molecular weight excluding hydrogens is 811 g/mol. The first-order valence-electron chi connectivity index (χ1n) is 27.2. The number of hydrogen-bond donors (Lipinski definition) is 1. The van der Waals surface area contributed by atoms with Gasteiger partial charge >= 0.3 is 17.9 Å². The number of likely N-dealkylation sites (N-methyl/N-ethyl adjacent to an activating group) is 1. The molecule has 0 bridgehead atoms. The zero-order chi connectivity index (χ0) is 47.7. The molecule has 0 rings (SSSR count). The summed E-state index contributed by atoms with van der Waals surface area (Å²) >= 11 is 0. The zero-order valence-electron chi connectivity index (χ0n) is 43.2. The highest BCUT2D eigenvalue weighted by Crippen LogP contribution is 2.15. The molecule has 0 saturated heterocycles. The van der Waals surface area contributed by atoms with Crippen LogP contribution in [0, 0.1) is 0 Å². The highest BCUT2D eigenvalue weighted by molar-refractivity contribution is 5.72. The maximum absolute atomic E-state index is 12.8. The number of ether oxygens (including phenoxy) is 3. The van der Waals surface area contributed by atoms with Crippen molar-refractivity contribution in [1.29, 1.82) is 0 Å². The predicted molar refractivity (Wildman–Crippen MR) is 275 cm³/mol. The number of carbonyl (C=O) groups is 3. The van der Waals surface area contributed by atoms with E-state index in [-0.39, 0.29) is 36.2 Å². The first-order valence-corrected chi connectivity index (χ1v) is 27.2. The smallest absolute Gasteiger partial charge is 0.362 e. The number of allylic oxidation sites excluding steroid dienone is 8. The first kappa shape index (κ1) is 62.3. The Balaban J connectivity index is 4.21. The summed E-state index contributed by atoms with van der Waals surface area (Å²) in [6, 6.07) is -0.617. The number of quaternary nitrogens is 1. The Kier molecular flexibility index (Phi) is 45.8. The molecule has 0 heterocycles. The first-order chi connectivity index (χ1) is 31.6. The summed E-state index contributed by atoms with van der Waals surface area (Å²) in [5.74, 6) is -1.47. The van der Waals surface area contributed by atoms with Gasteiger partial charge in [-0.25, -0.2) is 4.79 Å². The molecule has 0 aromatic heterocycles. The standard InChI is InChI=1S/C57H103NO7/c1-6-8-10-12-14-16-18-20-22-24-26-27-28-29-30-32-34-36-38-40-42-44-46-48-56(60)65-53(51-63-50-49-54(57(61)62)58(3,4)5)52-64-55(59)47-45-43-41-39-37-35-33-31-25-23-21-19-17-15-13-11-9-7-2/h17-20,23-26,53-54H,6-16,21-22,27-52H2,1-5H3/p+1/b19-17-,20-18-,25-23-,26-24-. The third kappa shape index (κ3) is 46.2. The molecule has 0 amide bonds. The number of carboxylic acid groups (broad SMARTS) is 1. The van der Waals surface area contributed by atoms with E-state index in [0.29, 0.717) is 19.3 Å². The SMILES string of the molecule is CCCCCC/C=C\C/C=C\CCCCCCCCCC(=O)OCC(COCCC(C(=O)O)[N+](C)(C)C)OC(=O)CCCCCCCCCCCCC/C=C\C/C=C\CCCCCCC. The van der Waals surface area contributed by atoms with Crippen molar-refractivity contribution in [2.45, 2.75) is 257 Å². The molecule has 0 aromatic carbocycles. The van der Waals surface area contributed by atoms with Crippen LogP contribution < -0.4 is 0 Å². The van der Waals surface area contributed by atoms with E-state index in [9.17, 15) is 19.5 Å². The fraction of sp³-hybridized carbons (Fsp3) is 0.807. The number of rotatable bonds is 49. The van der Waals surface area contributed by atoms with Gasteiger partial charge in [-0.15, -0.1) is 0 Å². The summed E-state index contributed by atoms with van der Waals surface area (Å²) in [7, 11) is 5.54. The molecule has 65 heavy (non-hydrogen) atoms. The number of unbranched alkanes of at least 4 members (excludes halogenated alkanes) is 27. The molecule has 0 spiro atoms. The molecular formula is C57H104NO7+. The molecule has 0 aliphatic carbocycles. The van der Waals surface area contributed by atoms with Crippen LogP contribution in [-0.2, 0) is 28.6 Å². The summed E-state index contributed by atoms with van der Waals surface area (Å²) in [4.78, 5) is 37.2. The second-order valence-corrected chi connectivity index (χ2v) is 19.5. The average molecular weight is 915 g/mol. The lowest BCUT2D eigenvalue weighted by Crippen LogP contribution is -2.50. The van der Waals surface area contributed by atoms with E-state index >= 15 is 0 Å². The van der Waals surface area contributed by atoms with Crippen LogP contribution in [0.25, 0.3) is 0 Å². The van der Waals surface area contributed by atoms with Gasteiger partial charge < -0.3 is 23.8 Å². The second-order valence-electron chi connectivity index (χ2n) is 19.5. The number of nitrogens with zero attached hydrogens (tertiary/aromatic N) is 1. The lowest BCUT2D eigenvalue weighted by atomic mass is 10.0. The van der Waals surface area contributed by atoms with Crippen molar-refractivity contribution in [3.05, 3.63) is 48.6 Å².